The minimum absolute atomic E-state index is 0.606. The highest BCUT2D eigenvalue weighted by Gasteiger charge is 2.27. The van der Waals surface area contributed by atoms with Crippen molar-refractivity contribution >= 4 is 184 Å². The van der Waals surface area contributed by atoms with Gasteiger partial charge < -0.3 is 13.6 Å². The Morgan fingerprint density at radius 1 is 0.255 bits per heavy atom. The summed E-state index contributed by atoms with van der Waals surface area (Å²) in [5, 5.41) is 21.3. The number of hydrogen-bond acceptors (Lipinski definition) is 6. The monoisotopic (exact) mass is 1370 g/mol. The number of furan rings is 1. The molecule has 0 radical (unpaired) electrons. The maximum absolute atomic E-state index is 6.66. The van der Waals surface area contributed by atoms with Crippen LogP contribution in [0.5, 0.6) is 0 Å². The number of aromatic nitrogens is 8. The summed E-state index contributed by atoms with van der Waals surface area (Å²) in [6.07, 6.45) is 0. The zero-order valence-corrected chi connectivity index (χ0v) is 57.5. The molecule has 0 atom stereocenters. The molecule has 106 heavy (non-hydrogen) atoms. The molecule has 0 aliphatic rings. The first-order valence-corrected chi connectivity index (χ1v) is 36.7. The normalized spacial score (nSPS) is 12.2. The molecule has 0 aliphatic carbocycles. The third kappa shape index (κ3) is 8.70. The Morgan fingerprint density at radius 2 is 0.708 bits per heavy atom. The molecule has 0 saturated carbocycles. The van der Waals surface area contributed by atoms with Crippen LogP contribution in [0.3, 0.4) is 0 Å². The average Bonchev–Trinajstić information content (AvgIpc) is 1.56. The van der Waals surface area contributed by atoms with Crippen molar-refractivity contribution < 1.29 is 4.42 Å². The minimum atomic E-state index is 0.606. The van der Waals surface area contributed by atoms with E-state index in [2.05, 4.69) is 340 Å². The lowest BCUT2D eigenvalue weighted by atomic mass is 10.0. The summed E-state index contributed by atoms with van der Waals surface area (Å²) < 4.78 is 18.2. The van der Waals surface area contributed by atoms with Crippen LogP contribution < -0.4 is 0 Å². The molecule has 0 N–H and O–H groups in total. The molecule has 0 bridgehead atoms. The predicted octanol–water partition coefficient (Wildman–Crippen LogP) is 25.6. The summed E-state index contributed by atoms with van der Waals surface area (Å²) in [5.74, 6) is 1.28. The first kappa shape index (κ1) is 58.6. The number of thiophene rings is 1. The number of nitrogens with zero attached hydrogens (tertiary/aromatic N) is 8. The number of rotatable bonds is 6. The van der Waals surface area contributed by atoms with Crippen molar-refractivity contribution in [2.45, 2.75) is 0 Å². The Morgan fingerprint density at radius 3 is 1.37 bits per heavy atom. The van der Waals surface area contributed by atoms with Crippen LogP contribution in [0.25, 0.3) is 218 Å². The number of fused-ring (bicyclic) bond motifs is 24. The fraction of sp³-hybridized carbons (Fsp3) is 0. The van der Waals surface area contributed by atoms with E-state index in [0.29, 0.717) is 17.5 Å². The SMILES string of the molecule is c1ccc(-n2c3ccccc3c3ccc(-c4nc(-n5c6cc7ccccc7cc6c6c7ccccc7ccc65)nc5c4sc4ccccc45)cc32)cc1.c1ccc(-n2c3ccccc3c3ccc(-c4nc(-n5c6cc7ccccc7cc6c6ccc7ccccc7c65)nc5c4oc4ccccc45)cc32)cc1. The van der Waals surface area contributed by atoms with Crippen molar-refractivity contribution in [3.05, 3.63) is 340 Å². The summed E-state index contributed by atoms with van der Waals surface area (Å²) >= 11 is 1.77. The molecular weight excluding hydrogens is 1310 g/mol. The van der Waals surface area contributed by atoms with Gasteiger partial charge in [0.2, 0.25) is 11.9 Å². The molecule has 8 heterocycles. The summed E-state index contributed by atoms with van der Waals surface area (Å²) in [4.78, 5) is 22.0. The molecule has 9 nitrogen and oxygen atoms in total. The smallest absolute Gasteiger partial charge is 0.236 e. The molecule has 492 valence electrons. The summed E-state index contributed by atoms with van der Waals surface area (Å²) in [6.45, 7) is 0. The quantitative estimate of drug-likeness (QED) is 0.166. The van der Waals surface area contributed by atoms with Gasteiger partial charge in [0.25, 0.3) is 0 Å². The van der Waals surface area contributed by atoms with E-state index < -0.39 is 0 Å². The fourth-order valence-electron chi connectivity index (χ4n) is 17.1. The van der Waals surface area contributed by atoms with Crippen LogP contribution in [0.2, 0.25) is 0 Å². The lowest BCUT2D eigenvalue weighted by molar-refractivity contribution is 0.666. The highest BCUT2D eigenvalue weighted by Crippen LogP contribution is 2.46. The zero-order chi connectivity index (χ0) is 69.2. The van der Waals surface area contributed by atoms with E-state index >= 15 is 0 Å². The first-order valence-electron chi connectivity index (χ1n) is 35.8. The molecule has 0 unspecified atom stereocenters. The lowest BCUT2D eigenvalue weighted by Crippen LogP contribution is -2.03. The first-order chi connectivity index (χ1) is 52.6. The van der Waals surface area contributed by atoms with Crippen molar-refractivity contribution in [2.24, 2.45) is 0 Å². The van der Waals surface area contributed by atoms with Crippen molar-refractivity contribution in [1.29, 1.82) is 0 Å². The maximum Gasteiger partial charge on any atom is 0.236 e. The summed E-state index contributed by atoms with van der Waals surface area (Å²) in [6, 6.07) is 121. The van der Waals surface area contributed by atoms with Gasteiger partial charge in [-0.2, -0.15) is 0 Å². The van der Waals surface area contributed by atoms with Crippen molar-refractivity contribution in [3.63, 3.8) is 0 Å². The third-order valence-corrected chi connectivity index (χ3v) is 22.9. The maximum atomic E-state index is 6.66. The van der Waals surface area contributed by atoms with E-state index in [1.54, 1.807) is 11.3 Å². The standard InChI is InChI=1S/C48H28N4O.C48H28N4S/c1-2-15-33(16-3-1)51-40-20-10-8-18-35(40)36-24-23-32(28-41(36)51)44-47-45(38-19-9-11-21-43(38)53-47)50-48(49-44)52-42-27-31-14-5-4-13-30(31)26-39(42)37-25-22-29-12-6-7-17-34(29)46(37)52;1-2-15-33(16-3-1)51-39-20-10-8-18-35(39)36-24-22-32(28-41(36)51)45-47-46(37-19-9-11-21-43(37)53-47)50-48(49-45)52-40-25-23-29-12-6-7-17-34(29)44(40)38-26-30-13-4-5-14-31(30)27-42(38)52/h2*1-28H. The zero-order valence-electron chi connectivity index (χ0n) is 56.7. The minimum Gasteiger partial charge on any atom is -0.452 e. The Bertz CT molecular complexity index is 7830. The van der Waals surface area contributed by atoms with Gasteiger partial charge in [-0.25, -0.2) is 19.9 Å². The van der Waals surface area contributed by atoms with Crippen LogP contribution in [0, 0.1) is 0 Å². The Labute approximate surface area is 608 Å². The van der Waals surface area contributed by atoms with E-state index in [9.17, 15) is 0 Å². The highest BCUT2D eigenvalue weighted by molar-refractivity contribution is 7.26. The molecule has 0 aliphatic heterocycles. The topological polar surface area (TPSA) is 84.4 Å². The summed E-state index contributed by atoms with van der Waals surface area (Å²) in [7, 11) is 0. The van der Waals surface area contributed by atoms with Gasteiger partial charge in [-0.05, 0) is 135 Å². The van der Waals surface area contributed by atoms with Gasteiger partial charge in [0.1, 0.15) is 16.8 Å². The van der Waals surface area contributed by atoms with Crippen LogP contribution >= 0.6 is 11.3 Å². The van der Waals surface area contributed by atoms with Crippen LogP contribution in [0.4, 0.5) is 0 Å². The van der Waals surface area contributed by atoms with Crippen LogP contribution in [-0.2, 0) is 0 Å². The van der Waals surface area contributed by atoms with Crippen molar-refractivity contribution in [2.75, 3.05) is 0 Å². The number of hydrogen-bond donors (Lipinski definition) is 0. The number of para-hydroxylation sites is 5. The Balaban J connectivity index is 0.000000129. The largest absolute Gasteiger partial charge is 0.452 e. The number of benzene rings is 16. The third-order valence-electron chi connectivity index (χ3n) is 21.8. The molecule has 16 aromatic carbocycles. The average molecular weight is 1370 g/mol. The van der Waals surface area contributed by atoms with E-state index in [-0.39, 0.29) is 0 Å². The molecule has 0 spiro atoms. The van der Waals surface area contributed by atoms with Crippen molar-refractivity contribution in [1.82, 2.24) is 38.2 Å². The van der Waals surface area contributed by atoms with Gasteiger partial charge >= 0.3 is 0 Å². The molecule has 24 rings (SSSR count). The van der Waals surface area contributed by atoms with Crippen LogP contribution in [0.1, 0.15) is 0 Å². The van der Waals surface area contributed by atoms with E-state index in [4.69, 9.17) is 24.4 Å². The van der Waals surface area contributed by atoms with Gasteiger partial charge in [0.05, 0.1) is 60.0 Å². The molecule has 24 aromatic rings. The molecule has 0 saturated heterocycles. The van der Waals surface area contributed by atoms with E-state index in [1.165, 1.54) is 91.0 Å². The Kier molecular flexibility index (Phi) is 12.6. The van der Waals surface area contributed by atoms with Gasteiger partial charge in [-0.1, -0.05) is 243 Å². The highest BCUT2D eigenvalue weighted by atomic mass is 32.1. The molecular formula is C96H56N8OS. The van der Waals surface area contributed by atoms with E-state index in [1.807, 2.05) is 18.2 Å². The van der Waals surface area contributed by atoms with Gasteiger partial charge in [0, 0.05) is 86.5 Å². The molecule has 8 aromatic heterocycles. The second kappa shape index (κ2) is 22.7. The van der Waals surface area contributed by atoms with Crippen molar-refractivity contribution in [3.8, 4) is 45.8 Å². The molecule has 0 fully saturated rings. The molecule has 10 heteroatoms. The lowest BCUT2D eigenvalue weighted by Gasteiger charge is -2.12. The van der Waals surface area contributed by atoms with Gasteiger partial charge in [-0.15, -0.1) is 11.3 Å². The second-order valence-corrected chi connectivity index (χ2v) is 28.7. The Hall–Kier alpha value is -14.1. The second-order valence-electron chi connectivity index (χ2n) is 27.6. The summed E-state index contributed by atoms with van der Waals surface area (Å²) in [5.41, 5.74) is 18.1. The van der Waals surface area contributed by atoms with Gasteiger partial charge in [-0.3, -0.25) is 9.13 Å². The molecule has 0 amide bonds. The van der Waals surface area contributed by atoms with Gasteiger partial charge in [0.15, 0.2) is 5.58 Å². The predicted molar refractivity (Wildman–Crippen MR) is 442 cm³/mol. The van der Waals surface area contributed by atoms with Crippen LogP contribution in [-0.4, -0.2) is 38.2 Å². The van der Waals surface area contributed by atoms with E-state index in [0.717, 1.165) is 110 Å². The fourth-order valence-corrected chi connectivity index (χ4v) is 18.2. The van der Waals surface area contributed by atoms with Crippen LogP contribution in [0.15, 0.2) is 344 Å².